The molecule has 2 aromatic rings. The fourth-order valence-corrected chi connectivity index (χ4v) is 2.14. The summed E-state index contributed by atoms with van der Waals surface area (Å²) >= 11 is 0. The normalized spacial score (nSPS) is 10.3. The Hall–Kier alpha value is -3.28. The van der Waals surface area contributed by atoms with Crippen molar-refractivity contribution in [3.8, 4) is 22.6 Å². The van der Waals surface area contributed by atoms with Gasteiger partial charge in [-0.2, -0.15) is 4.39 Å². The van der Waals surface area contributed by atoms with Crippen molar-refractivity contribution in [2.24, 2.45) is 0 Å². The second-order valence-corrected chi connectivity index (χ2v) is 6.06. The van der Waals surface area contributed by atoms with Crippen molar-refractivity contribution in [1.29, 1.82) is 0 Å². The van der Waals surface area contributed by atoms with Gasteiger partial charge in [0.1, 0.15) is 5.75 Å². The maximum atomic E-state index is 14.5. The summed E-state index contributed by atoms with van der Waals surface area (Å²) in [5, 5.41) is 0. The largest absolute Gasteiger partial charge is 0.423 e. The van der Waals surface area contributed by atoms with E-state index in [0.717, 1.165) is 0 Å². The lowest BCUT2D eigenvalue weighted by atomic mass is 10.0. The first-order valence-corrected chi connectivity index (χ1v) is 7.96. The molecule has 0 aliphatic heterocycles. The zero-order valence-electron chi connectivity index (χ0n) is 15.2. The van der Waals surface area contributed by atoms with Gasteiger partial charge in [0, 0.05) is 16.7 Å². The number of carbonyl (C=O) groups excluding carboxylic acids is 2. The Morgan fingerprint density at radius 2 is 1.37 bits per heavy atom. The molecular weight excluding hydrogens is 354 g/mol. The summed E-state index contributed by atoms with van der Waals surface area (Å²) in [5.74, 6) is -4.09. The van der Waals surface area contributed by atoms with Crippen LogP contribution in [0.3, 0.4) is 0 Å². The number of aryl methyl sites for hydroxylation is 1. The summed E-state index contributed by atoms with van der Waals surface area (Å²) < 4.78 is 38.6. The van der Waals surface area contributed by atoms with Gasteiger partial charge in [-0.1, -0.05) is 19.2 Å². The maximum absolute atomic E-state index is 14.5. The van der Waals surface area contributed by atoms with Gasteiger partial charge in [0.05, 0.1) is 0 Å². The van der Waals surface area contributed by atoms with E-state index in [4.69, 9.17) is 9.47 Å². The molecule has 2 aromatic carbocycles. The molecule has 0 amide bonds. The van der Waals surface area contributed by atoms with Gasteiger partial charge < -0.3 is 9.47 Å². The Bertz CT molecular complexity index is 961. The van der Waals surface area contributed by atoms with Crippen LogP contribution in [-0.2, 0) is 9.59 Å². The fourth-order valence-electron chi connectivity index (χ4n) is 2.14. The first kappa shape index (κ1) is 20.0. The van der Waals surface area contributed by atoms with Gasteiger partial charge in [-0.15, -0.1) is 0 Å². The molecule has 0 radical (unpaired) electrons. The molecule has 0 fully saturated rings. The molecule has 0 atom stereocenters. The van der Waals surface area contributed by atoms with E-state index in [1.54, 1.807) is 13.0 Å². The third kappa shape index (κ3) is 4.47. The van der Waals surface area contributed by atoms with E-state index >= 15 is 0 Å². The SMILES string of the molecule is C=C(C)C(=O)Oc1ccc(-c2ccc(OC(=O)C(=C)C)c(F)c2F)cc1C. The number of esters is 2. The predicted molar refractivity (Wildman–Crippen MR) is 97.4 cm³/mol. The average Bonchev–Trinajstić information content (AvgIpc) is 2.60. The molecule has 0 unspecified atom stereocenters. The third-order valence-corrected chi connectivity index (χ3v) is 3.64. The van der Waals surface area contributed by atoms with Crippen LogP contribution in [0.5, 0.6) is 11.5 Å². The molecule has 140 valence electrons. The van der Waals surface area contributed by atoms with Crippen molar-refractivity contribution in [3.63, 3.8) is 0 Å². The van der Waals surface area contributed by atoms with E-state index in [1.807, 2.05) is 0 Å². The van der Waals surface area contributed by atoms with Crippen molar-refractivity contribution in [2.75, 3.05) is 0 Å². The van der Waals surface area contributed by atoms with Gasteiger partial charge in [0.25, 0.3) is 0 Å². The van der Waals surface area contributed by atoms with Crippen molar-refractivity contribution < 1.29 is 27.8 Å². The van der Waals surface area contributed by atoms with Gasteiger partial charge >= 0.3 is 11.9 Å². The van der Waals surface area contributed by atoms with E-state index in [2.05, 4.69) is 13.2 Å². The summed E-state index contributed by atoms with van der Waals surface area (Å²) in [4.78, 5) is 23.1. The van der Waals surface area contributed by atoms with Crippen LogP contribution in [0.4, 0.5) is 8.78 Å². The third-order valence-electron chi connectivity index (χ3n) is 3.64. The lowest BCUT2D eigenvalue weighted by molar-refractivity contribution is -0.131. The summed E-state index contributed by atoms with van der Waals surface area (Å²) in [6, 6.07) is 6.99. The van der Waals surface area contributed by atoms with Gasteiger partial charge in [0.15, 0.2) is 11.6 Å². The Labute approximate surface area is 155 Å². The van der Waals surface area contributed by atoms with Crippen LogP contribution in [0.25, 0.3) is 11.1 Å². The molecule has 0 saturated carbocycles. The Kier molecular flexibility index (Phi) is 5.90. The molecule has 27 heavy (non-hydrogen) atoms. The summed E-state index contributed by atoms with van der Waals surface area (Å²) in [5.41, 5.74) is 1.21. The maximum Gasteiger partial charge on any atom is 0.338 e. The number of halogens is 2. The van der Waals surface area contributed by atoms with Crippen molar-refractivity contribution in [2.45, 2.75) is 20.8 Å². The second-order valence-electron chi connectivity index (χ2n) is 6.06. The number of benzene rings is 2. The highest BCUT2D eigenvalue weighted by molar-refractivity contribution is 5.89. The molecule has 4 nitrogen and oxygen atoms in total. The minimum atomic E-state index is -1.28. The van der Waals surface area contributed by atoms with Gasteiger partial charge in [-0.25, -0.2) is 14.0 Å². The van der Waals surface area contributed by atoms with Crippen molar-refractivity contribution in [3.05, 3.63) is 71.8 Å². The van der Waals surface area contributed by atoms with Gasteiger partial charge in [0.2, 0.25) is 5.82 Å². The number of hydrogen-bond acceptors (Lipinski definition) is 4. The van der Waals surface area contributed by atoms with Crippen molar-refractivity contribution in [1.82, 2.24) is 0 Å². The van der Waals surface area contributed by atoms with Gasteiger partial charge in [-0.3, -0.25) is 0 Å². The lowest BCUT2D eigenvalue weighted by Gasteiger charge is -2.12. The minimum Gasteiger partial charge on any atom is -0.423 e. The number of rotatable bonds is 5. The molecule has 2 rings (SSSR count). The molecule has 0 saturated heterocycles. The molecule has 0 spiro atoms. The predicted octanol–water partition coefficient (Wildman–Crippen LogP) is 4.90. The van der Waals surface area contributed by atoms with Crippen LogP contribution in [0, 0.1) is 18.6 Å². The summed E-state index contributed by atoms with van der Waals surface area (Å²) in [6.45, 7) is 11.5. The zero-order valence-corrected chi connectivity index (χ0v) is 15.2. The van der Waals surface area contributed by atoms with E-state index < -0.39 is 29.3 Å². The van der Waals surface area contributed by atoms with Crippen LogP contribution >= 0.6 is 0 Å². The Balaban J connectivity index is 2.36. The van der Waals surface area contributed by atoms with Crippen LogP contribution in [0.15, 0.2) is 54.6 Å². The molecule has 0 heterocycles. The Morgan fingerprint density at radius 3 is 1.89 bits per heavy atom. The van der Waals surface area contributed by atoms with Gasteiger partial charge in [-0.05, 0) is 56.2 Å². The highest BCUT2D eigenvalue weighted by atomic mass is 19.2. The standard InChI is InChI=1S/C21H18F2O4/c1-11(2)20(24)26-16-8-6-14(10-13(16)5)15-7-9-17(19(23)18(15)22)27-21(25)12(3)4/h6-10H,1,3H2,2,4-5H3. The quantitative estimate of drug-likeness (QED) is 0.425. The molecular formula is C21H18F2O4. The average molecular weight is 372 g/mol. The highest BCUT2D eigenvalue weighted by Gasteiger charge is 2.19. The smallest absolute Gasteiger partial charge is 0.338 e. The van der Waals surface area contributed by atoms with Crippen LogP contribution in [0.2, 0.25) is 0 Å². The Morgan fingerprint density at radius 1 is 0.852 bits per heavy atom. The molecule has 0 aliphatic rings. The highest BCUT2D eigenvalue weighted by Crippen LogP contribution is 2.32. The zero-order chi connectivity index (χ0) is 20.3. The minimum absolute atomic E-state index is 0.0245. The topological polar surface area (TPSA) is 52.6 Å². The monoisotopic (exact) mass is 372 g/mol. The van der Waals surface area contributed by atoms with E-state index in [-0.39, 0.29) is 16.7 Å². The second kappa shape index (κ2) is 7.95. The molecule has 0 N–H and O–H groups in total. The van der Waals surface area contributed by atoms with E-state index in [0.29, 0.717) is 16.9 Å². The van der Waals surface area contributed by atoms with Crippen LogP contribution < -0.4 is 9.47 Å². The van der Waals surface area contributed by atoms with Crippen molar-refractivity contribution >= 4 is 11.9 Å². The molecule has 6 heteroatoms. The number of ether oxygens (including phenoxy) is 2. The number of hydrogen-bond donors (Lipinski definition) is 0. The first-order valence-electron chi connectivity index (χ1n) is 7.96. The molecule has 0 aliphatic carbocycles. The fraction of sp³-hybridized carbons (Fsp3) is 0.143. The van der Waals surface area contributed by atoms with E-state index in [1.165, 1.54) is 38.1 Å². The summed E-state index contributed by atoms with van der Waals surface area (Å²) in [7, 11) is 0. The number of carbonyl (C=O) groups is 2. The molecule has 0 aromatic heterocycles. The van der Waals surface area contributed by atoms with Crippen LogP contribution in [0.1, 0.15) is 19.4 Å². The summed E-state index contributed by atoms with van der Waals surface area (Å²) in [6.07, 6.45) is 0. The van der Waals surface area contributed by atoms with E-state index in [9.17, 15) is 18.4 Å². The molecule has 0 bridgehead atoms. The van der Waals surface area contributed by atoms with Crippen LogP contribution in [-0.4, -0.2) is 11.9 Å². The lowest BCUT2D eigenvalue weighted by Crippen LogP contribution is -2.10. The first-order chi connectivity index (χ1) is 12.6.